The summed E-state index contributed by atoms with van der Waals surface area (Å²) < 4.78 is 44.6. The van der Waals surface area contributed by atoms with E-state index in [1.54, 1.807) is 0 Å². The van der Waals surface area contributed by atoms with Gasteiger partial charge in [0, 0.05) is 32.2 Å². The molecule has 2 aromatic rings. The van der Waals surface area contributed by atoms with E-state index in [9.17, 15) is 13.2 Å². The fraction of sp³-hybridized carbons (Fsp3) is 0.400. The number of ether oxygens (including phenoxy) is 1. The number of piperazine rings is 1. The first kappa shape index (κ1) is 14.7. The van der Waals surface area contributed by atoms with Gasteiger partial charge in [-0.15, -0.1) is 0 Å². The molecule has 3 rings (SSSR count). The average molecular weight is 309 g/mol. The molecule has 1 aromatic carbocycles. The summed E-state index contributed by atoms with van der Waals surface area (Å²) in [7, 11) is 1.40. The highest BCUT2D eigenvalue weighted by Gasteiger charge is 2.34. The Kier molecular flexibility index (Phi) is 3.71. The summed E-state index contributed by atoms with van der Waals surface area (Å²) >= 11 is 0. The van der Waals surface area contributed by atoms with Crippen molar-refractivity contribution in [3.63, 3.8) is 0 Å². The molecule has 2 heterocycles. The van der Waals surface area contributed by atoms with Crippen molar-refractivity contribution in [3.8, 4) is 5.75 Å². The molecule has 0 bridgehead atoms. The largest absolute Gasteiger partial charge is 0.494 e. The zero-order valence-electron chi connectivity index (χ0n) is 11.9. The summed E-state index contributed by atoms with van der Waals surface area (Å²) in [5.41, 5.74) is -0.301. The van der Waals surface area contributed by atoms with Crippen LogP contribution in [0.2, 0.25) is 0 Å². The van der Waals surface area contributed by atoms with Gasteiger partial charge in [0.15, 0.2) is 5.75 Å². The van der Waals surface area contributed by atoms with Gasteiger partial charge in [0.2, 0.25) is 0 Å². The summed E-state index contributed by atoms with van der Waals surface area (Å²) in [5.74, 6) is 0.260. The highest BCUT2D eigenvalue weighted by molar-refractivity contribution is 5.94. The number of alkyl halides is 3. The van der Waals surface area contributed by atoms with Gasteiger partial charge >= 0.3 is 6.18 Å². The lowest BCUT2D eigenvalue weighted by Gasteiger charge is -2.30. The van der Waals surface area contributed by atoms with Crippen LogP contribution in [0.5, 0.6) is 5.75 Å². The van der Waals surface area contributed by atoms with E-state index in [1.807, 2.05) is 4.90 Å². The lowest BCUT2D eigenvalue weighted by molar-refractivity contribution is -0.140. The lowest BCUT2D eigenvalue weighted by atomic mass is 10.1. The summed E-state index contributed by atoms with van der Waals surface area (Å²) in [6.45, 7) is 2.70. The molecule has 1 saturated heterocycles. The number of hydrogen-bond donors (Lipinski definition) is 1. The molecule has 0 unspecified atom stereocenters. The summed E-state index contributed by atoms with van der Waals surface area (Å²) in [5, 5.41) is 3.67. The average Bonchev–Trinajstić information content (AvgIpc) is 2.53. The van der Waals surface area contributed by atoms with Crippen LogP contribution in [0.3, 0.4) is 0 Å². The number of anilines is 1. The van der Waals surface area contributed by atoms with Crippen LogP contribution < -0.4 is 15.0 Å². The molecule has 1 N–H and O–H groups in total. The topological polar surface area (TPSA) is 37.4 Å². The molecule has 0 saturated carbocycles. The van der Waals surface area contributed by atoms with Crippen LogP contribution in [-0.2, 0) is 6.18 Å². The SMILES string of the molecule is COc1cc#cc2c(N3CCNCC3)cc(C(F)(F)F)nc12. The predicted molar refractivity (Wildman–Crippen MR) is 76.1 cm³/mol. The van der Waals surface area contributed by atoms with Gasteiger partial charge in [-0.2, -0.15) is 13.2 Å². The minimum absolute atomic E-state index is 0.157. The molecule has 1 aliphatic rings. The first-order valence-corrected chi connectivity index (χ1v) is 6.84. The van der Waals surface area contributed by atoms with E-state index in [0.717, 1.165) is 19.2 Å². The van der Waals surface area contributed by atoms with Crippen molar-refractivity contribution in [3.05, 3.63) is 30.0 Å². The van der Waals surface area contributed by atoms with Crippen LogP contribution >= 0.6 is 0 Å². The van der Waals surface area contributed by atoms with Gasteiger partial charge < -0.3 is 15.0 Å². The third-order valence-corrected chi connectivity index (χ3v) is 3.60. The molecule has 0 atom stereocenters. The second-order valence-corrected chi connectivity index (χ2v) is 4.97. The quantitative estimate of drug-likeness (QED) is 0.923. The Morgan fingerprint density at radius 2 is 2.05 bits per heavy atom. The molecule has 1 fully saturated rings. The van der Waals surface area contributed by atoms with Gasteiger partial charge in [-0.05, 0) is 6.07 Å². The van der Waals surface area contributed by atoms with E-state index in [0.29, 0.717) is 24.2 Å². The van der Waals surface area contributed by atoms with Crippen LogP contribution in [-0.4, -0.2) is 38.3 Å². The van der Waals surface area contributed by atoms with Crippen molar-refractivity contribution in [2.75, 3.05) is 38.2 Å². The van der Waals surface area contributed by atoms with Crippen molar-refractivity contribution in [1.82, 2.24) is 10.3 Å². The fourth-order valence-corrected chi connectivity index (χ4v) is 2.53. The number of aromatic nitrogens is 1. The molecule has 116 valence electrons. The number of rotatable bonds is 2. The normalized spacial score (nSPS) is 15.7. The van der Waals surface area contributed by atoms with Gasteiger partial charge in [-0.3, -0.25) is 0 Å². The van der Waals surface area contributed by atoms with E-state index in [2.05, 4.69) is 22.4 Å². The molecule has 0 spiro atoms. The number of methoxy groups -OCH3 is 1. The summed E-state index contributed by atoms with van der Waals surface area (Å²) in [6.07, 6.45) is -4.51. The molecular weight excluding hydrogens is 295 g/mol. The summed E-state index contributed by atoms with van der Waals surface area (Å²) in [6, 6.07) is 8.17. The standard InChI is InChI=1S/C15H14F3N3O/c1-22-12-4-2-3-10-11(21-7-5-19-6-8-21)9-13(15(16,17)18)20-14(10)12/h4,9,19H,5-8H2,1H3. The monoisotopic (exact) mass is 309 g/mol. The van der Waals surface area contributed by atoms with Crippen LogP contribution in [0.4, 0.5) is 18.9 Å². The Labute approximate surface area is 125 Å². The van der Waals surface area contributed by atoms with E-state index in [1.165, 1.54) is 13.2 Å². The molecule has 0 amide bonds. The molecule has 0 aliphatic carbocycles. The minimum Gasteiger partial charge on any atom is -0.494 e. The maximum Gasteiger partial charge on any atom is 0.433 e. The lowest BCUT2D eigenvalue weighted by Crippen LogP contribution is -2.43. The van der Waals surface area contributed by atoms with E-state index in [-0.39, 0.29) is 11.3 Å². The van der Waals surface area contributed by atoms with Crippen molar-refractivity contribution < 1.29 is 17.9 Å². The second-order valence-electron chi connectivity index (χ2n) is 4.97. The van der Waals surface area contributed by atoms with Crippen molar-refractivity contribution in [2.45, 2.75) is 6.18 Å². The maximum atomic E-state index is 13.1. The van der Waals surface area contributed by atoms with Crippen molar-refractivity contribution >= 4 is 16.6 Å². The maximum absolute atomic E-state index is 13.1. The zero-order chi connectivity index (χ0) is 15.7. The van der Waals surface area contributed by atoms with Gasteiger partial charge in [0.25, 0.3) is 0 Å². The third-order valence-electron chi connectivity index (χ3n) is 3.60. The van der Waals surface area contributed by atoms with Gasteiger partial charge in [0.05, 0.1) is 18.2 Å². The third kappa shape index (κ3) is 2.62. The Balaban J connectivity index is 2.23. The molecule has 7 heteroatoms. The molecule has 22 heavy (non-hydrogen) atoms. The molecule has 1 aromatic heterocycles. The van der Waals surface area contributed by atoms with Gasteiger partial charge in [-0.1, -0.05) is 12.1 Å². The number of pyridine rings is 1. The van der Waals surface area contributed by atoms with Crippen LogP contribution in [0.1, 0.15) is 5.69 Å². The molecular formula is C15H14F3N3O. The van der Waals surface area contributed by atoms with Crippen LogP contribution in [0.25, 0.3) is 10.9 Å². The highest BCUT2D eigenvalue weighted by atomic mass is 19.4. The van der Waals surface area contributed by atoms with Crippen LogP contribution in [0, 0.1) is 12.1 Å². The molecule has 1 aliphatic heterocycles. The van der Waals surface area contributed by atoms with E-state index in [4.69, 9.17) is 4.74 Å². The Hall–Kier alpha value is -2.20. The smallest absolute Gasteiger partial charge is 0.433 e. The Morgan fingerprint density at radius 3 is 2.68 bits per heavy atom. The fourth-order valence-electron chi connectivity index (χ4n) is 2.53. The van der Waals surface area contributed by atoms with E-state index < -0.39 is 11.9 Å². The number of nitrogens with one attached hydrogen (secondary N) is 1. The molecule has 0 radical (unpaired) electrons. The Morgan fingerprint density at radius 1 is 1.32 bits per heavy atom. The number of fused-ring (bicyclic) bond motifs is 1. The molecule has 4 nitrogen and oxygen atoms in total. The Bertz CT molecular complexity index is 682. The number of halogens is 3. The first-order chi connectivity index (χ1) is 10.5. The van der Waals surface area contributed by atoms with Crippen molar-refractivity contribution in [1.29, 1.82) is 0 Å². The predicted octanol–water partition coefficient (Wildman–Crippen LogP) is 2.27. The first-order valence-electron chi connectivity index (χ1n) is 6.84. The minimum atomic E-state index is -4.51. The number of hydrogen-bond acceptors (Lipinski definition) is 4. The second kappa shape index (κ2) is 5.54. The van der Waals surface area contributed by atoms with E-state index >= 15 is 0 Å². The van der Waals surface area contributed by atoms with Gasteiger partial charge in [-0.25, -0.2) is 4.98 Å². The van der Waals surface area contributed by atoms with Gasteiger partial charge in [0.1, 0.15) is 11.2 Å². The number of nitrogens with zero attached hydrogens (tertiary/aromatic N) is 2. The van der Waals surface area contributed by atoms with Crippen molar-refractivity contribution in [2.24, 2.45) is 0 Å². The summed E-state index contributed by atoms with van der Waals surface area (Å²) in [4.78, 5) is 5.63. The van der Waals surface area contributed by atoms with Crippen LogP contribution in [0.15, 0.2) is 12.1 Å². The zero-order valence-corrected chi connectivity index (χ0v) is 11.9. The highest BCUT2D eigenvalue weighted by Crippen LogP contribution is 2.36.